The van der Waals surface area contributed by atoms with Gasteiger partial charge in [-0.15, -0.1) is 12.4 Å². The van der Waals surface area contributed by atoms with E-state index in [4.69, 9.17) is 5.73 Å². The standard InChI is InChI=1S/C11H20N4O2S.ClH/c1-9(12)10-5-3-4-8-15(10)18(16,17)11-6-7-13-14(11)2;/h6-7,9-10H,3-5,8,12H2,1-2H3;1H. The van der Waals surface area contributed by atoms with Crippen molar-refractivity contribution in [3.05, 3.63) is 12.3 Å². The summed E-state index contributed by atoms with van der Waals surface area (Å²) in [4.78, 5) is 0. The van der Waals surface area contributed by atoms with Crippen molar-refractivity contribution in [3.8, 4) is 0 Å². The second kappa shape index (κ2) is 6.21. The van der Waals surface area contributed by atoms with Gasteiger partial charge in [-0.2, -0.15) is 9.40 Å². The van der Waals surface area contributed by atoms with Crippen LogP contribution in [0.5, 0.6) is 0 Å². The maximum atomic E-state index is 12.6. The molecule has 8 heteroatoms. The van der Waals surface area contributed by atoms with Gasteiger partial charge in [-0.1, -0.05) is 6.42 Å². The lowest BCUT2D eigenvalue weighted by atomic mass is 10.00. The van der Waals surface area contributed by atoms with Crippen molar-refractivity contribution in [2.75, 3.05) is 6.54 Å². The van der Waals surface area contributed by atoms with Gasteiger partial charge in [0.05, 0.1) is 6.20 Å². The summed E-state index contributed by atoms with van der Waals surface area (Å²) in [6.45, 7) is 2.40. The molecule has 2 rings (SSSR count). The van der Waals surface area contributed by atoms with Gasteiger partial charge in [0.1, 0.15) is 0 Å². The predicted molar refractivity (Wildman–Crippen MR) is 75.6 cm³/mol. The quantitative estimate of drug-likeness (QED) is 0.892. The summed E-state index contributed by atoms with van der Waals surface area (Å²) in [6.07, 6.45) is 4.25. The van der Waals surface area contributed by atoms with Crippen LogP contribution in [0.15, 0.2) is 17.3 Å². The van der Waals surface area contributed by atoms with Crippen molar-refractivity contribution >= 4 is 22.4 Å². The smallest absolute Gasteiger partial charge is 0.260 e. The first kappa shape index (κ1) is 16.4. The summed E-state index contributed by atoms with van der Waals surface area (Å²) in [5, 5.41) is 4.16. The van der Waals surface area contributed by atoms with Gasteiger partial charge in [-0.25, -0.2) is 8.42 Å². The minimum Gasteiger partial charge on any atom is -0.326 e. The molecule has 0 amide bonds. The molecule has 19 heavy (non-hydrogen) atoms. The molecule has 0 bridgehead atoms. The van der Waals surface area contributed by atoms with E-state index >= 15 is 0 Å². The van der Waals surface area contributed by atoms with E-state index in [1.807, 2.05) is 6.92 Å². The zero-order valence-electron chi connectivity index (χ0n) is 11.2. The first-order valence-corrected chi connectivity index (χ1v) is 7.64. The monoisotopic (exact) mass is 308 g/mol. The molecule has 0 spiro atoms. The maximum Gasteiger partial charge on any atom is 0.260 e. The second-order valence-electron chi connectivity index (χ2n) is 4.83. The average Bonchev–Trinajstić information content (AvgIpc) is 2.76. The van der Waals surface area contributed by atoms with Crippen LogP contribution >= 0.6 is 12.4 Å². The minimum atomic E-state index is -3.49. The number of rotatable bonds is 3. The number of halogens is 1. The third-order valence-electron chi connectivity index (χ3n) is 3.45. The molecule has 2 atom stereocenters. The van der Waals surface area contributed by atoms with Crippen molar-refractivity contribution < 1.29 is 8.42 Å². The van der Waals surface area contributed by atoms with Crippen molar-refractivity contribution in [2.24, 2.45) is 12.8 Å². The van der Waals surface area contributed by atoms with Crippen LogP contribution in [0.1, 0.15) is 26.2 Å². The molecule has 2 unspecified atom stereocenters. The predicted octanol–water partition coefficient (Wildman–Crippen LogP) is 0.732. The van der Waals surface area contributed by atoms with E-state index in [-0.39, 0.29) is 29.5 Å². The Hall–Kier alpha value is -0.630. The molecule has 1 fully saturated rings. The Morgan fingerprint density at radius 1 is 1.47 bits per heavy atom. The van der Waals surface area contributed by atoms with E-state index in [2.05, 4.69) is 5.10 Å². The number of aryl methyl sites for hydroxylation is 1. The largest absolute Gasteiger partial charge is 0.326 e. The fourth-order valence-corrected chi connectivity index (χ4v) is 4.37. The Kier molecular flexibility index (Phi) is 5.37. The summed E-state index contributed by atoms with van der Waals surface area (Å²) in [7, 11) is -1.85. The molecule has 0 aliphatic carbocycles. The van der Waals surface area contributed by atoms with Crippen molar-refractivity contribution in [1.82, 2.24) is 14.1 Å². The Morgan fingerprint density at radius 2 is 2.16 bits per heavy atom. The third kappa shape index (κ3) is 3.10. The lowest BCUT2D eigenvalue weighted by Gasteiger charge is -2.36. The zero-order valence-corrected chi connectivity index (χ0v) is 12.8. The molecule has 6 nitrogen and oxygen atoms in total. The summed E-state index contributed by atoms with van der Waals surface area (Å²) >= 11 is 0. The summed E-state index contributed by atoms with van der Waals surface area (Å²) in [6, 6.07) is 1.26. The van der Waals surface area contributed by atoms with Gasteiger partial charge in [0.15, 0.2) is 5.03 Å². The number of nitrogens with two attached hydrogens (primary N) is 1. The summed E-state index contributed by atoms with van der Waals surface area (Å²) < 4.78 is 28.1. The van der Waals surface area contributed by atoms with Crippen molar-refractivity contribution in [3.63, 3.8) is 0 Å². The summed E-state index contributed by atoms with van der Waals surface area (Å²) in [5.74, 6) is 0. The molecule has 1 aromatic heterocycles. The molecule has 1 aliphatic rings. The van der Waals surface area contributed by atoms with Crippen LogP contribution in [-0.2, 0) is 17.1 Å². The van der Waals surface area contributed by atoms with E-state index in [1.54, 1.807) is 7.05 Å². The van der Waals surface area contributed by atoms with Crippen LogP contribution in [0.4, 0.5) is 0 Å². The van der Waals surface area contributed by atoms with Crippen molar-refractivity contribution in [2.45, 2.75) is 43.3 Å². The number of hydrogen-bond acceptors (Lipinski definition) is 4. The number of hydrogen-bond donors (Lipinski definition) is 1. The lowest BCUT2D eigenvalue weighted by Crippen LogP contribution is -2.51. The third-order valence-corrected chi connectivity index (χ3v) is 5.45. The molecular weight excluding hydrogens is 288 g/mol. The number of nitrogens with zero attached hydrogens (tertiary/aromatic N) is 3. The topological polar surface area (TPSA) is 81.2 Å². The average molecular weight is 309 g/mol. The van der Waals surface area contributed by atoms with Crippen LogP contribution in [0.2, 0.25) is 0 Å². The SMILES string of the molecule is CC(N)C1CCCCN1S(=O)(=O)c1ccnn1C.Cl. The highest BCUT2D eigenvalue weighted by Crippen LogP contribution is 2.26. The fourth-order valence-electron chi connectivity index (χ4n) is 2.49. The molecule has 0 saturated carbocycles. The van der Waals surface area contributed by atoms with Crippen molar-refractivity contribution in [1.29, 1.82) is 0 Å². The minimum absolute atomic E-state index is 0. The fraction of sp³-hybridized carbons (Fsp3) is 0.727. The Labute approximate surface area is 120 Å². The zero-order chi connectivity index (χ0) is 13.3. The summed E-state index contributed by atoms with van der Waals surface area (Å²) in [5.41, 5.74) is 5.92. The first-order valence-electron chi connectivity index (χ1n) is 6.20. The lowest BCUT2D eigenvalue weighted by molar-refractivity contribution is 0.226. The maximum absolute atomic E-state index is 12.6. The number of sulfonamides is 1. The van der Waals surface area contributed by atoms with Crippen LogP contribution in [0, 0.1) is 0 Å². The van der Waals surface area contributed by atoms with E-state index in [0.29, 0.717) is 6.54 Å². The van der Waals surface area contributed by atoms with Crippen LogP contribution in [0.3, 0.4) is 0 Å². The van der Waals surface area contributed by atoms with Gasteiger partial charge in [-0.05, 0) is 25.8 Å². The molecule has 1 aromatic rings. The van der Waals surface area contributed by atoms with Gasteiger partial charge in [0.2, 0.25) is 0 Å². The number of aromatic nitrogens is 2. The normalized spacial score (nSPS) is 22.8. The molecule has 110 valence electrons. The van der Waals surface area contributed by atoms with Crippen LogP contribution in [-0.4, -0.2) is 41.1 Å². The molecule has 1 aliphatic heterocycles. The Balaban J connectivity index is 0.00000180. The Bertz CT molecular complexity index is 515. The first-order chi connectivity index (χ1) is 8.44. The molecular formula is C11H21ClN4O2S. The highest BCUT2D eigenvalue weighted by molar-refractivity contribution is 7.89. The van der Waals surface area contributed by atoms with Gasteiger partial charge in [-0.3, -0.25) is 4.68 Å². The van der Waals surface area contributed by atoms with E-state index < -0.39 is 10.0 Å². The molecule has 0 radical (unpaired) electrons. The second-order valence-corrected chi connectivity index (χ2v) is 6.67. The highest BCUT2D eigenvalue weighted by atomic mass is 35.5. The van der Waals surface area contributed by atoms with Gasteiger partial charge < -0.3 is 5.73 Å². The van der Waals surface area contributed by atoms with Gasteiger partial charge in [0, 0.05) is 25.7 Å². The van der Waals surface area contributed by atoms with Gasteiger partial charge in [0.25, 0.3) is 10.0 Å². The molecule has 2 N–H and O–H groups in total. The molecule has 0 aromatic carbocycles. The van der Waals surface area contributed by atoms with Crippen LogP contribution < -0.4 is 5.73 Å². The number of piperidine rings is 1. The molecule has 2 heterocycles. The Morgan fingerprint density at radius 3 is 2.68 bits per heavy atom. The van der Waals surface area contributed by atoms with Gasteiger partial charge >= 0.3 is 0 Å². The van der Waals surface area contributed by atoms with E-state index in [1.165, 1.54) is 21.3 Å². The molecule has 1 saturated heterocycles. The van der Waals surface area contributed by atoms with E-state index in [9.17, 15) is 8.42 Å². The highest BCUT2D eigenvalue weighted by Gasteiger charge is 2.36. The van der Waals surface area contributed by atoms with Crippen LogP contribution in [0.25, 0.3) is 0 Å². The van der Waals surface area contributed by atoms with E-state index in [0.717, 1.165) is 19.3 Å².